The summed E-state index contributed by atoms with van der Waals surface area (Å²) in [6, 6.07) is 5.41. The zero-order chi connectivity index (χ0) is 13.6. The lowest BCUT2D eigenvalue weighted by molar-refractivity contribution is 0.474. The fourth-order valence-electron chi connectivity index (χ4n) is 2.62. The van der Waals surface area contributed by atoms with Crippen LogP contribution in [0, 0.1) is 0 Å². The number of aromatic nitrogens is 2. The molecule has 1 aromatic heterocycles. The van der Waals surface area contributed by atoms with E-state index in [4.69, 9.17) is 11.6 Å². The summed E-state index contributed by atoms with van der Waals surface area (Å²) in [7, 11) is 1.95. The lowest BCUT2D eigenvalue weighted by atomic mass is 9.94. The maximum Gasteiger partial charge on any atom is 0.140 e. The SMILES string of the molecule is C[C@@H]1Cc2c(Cl)ncnc2N(C)c2ccc(O)cc21. The molecule has 0 amide bonds. The predicted octanol–water partition coefficient (Wildman–Crippen LogP) is 3.26. The molecule has 1 aliphatic rings. The van der Waals surface area contributed by atoms with Gasteiger partial charge in [-0.3, -0.25) is 0 Å². The molecule has 2 aromatic rings. The van der Waals surface area contributed by atoms with Gasteiger partial charge in [0.1, 0.15) is 23.0 Å². The monoisotopic (exact) mass is 275 g/mol. The van der Waals surface area contributed by atoms with Gasteiger partial charge in [0.25, 0.3) is 0 Å². The van der Waals surface area contributed by atoms with E-state index >= 15 is 0 Å². The van der Waals surface area contributed by atoms with Gasteiger partial charge in [-0.05, 0) is 36.1 Å². The van der Waals surface area contributed by atoms with Gasteiger partial charge < -0.3 is 10.0 Å². The Morgan fingerprint density at radius 3 is 2.95 bits per heavy atom. The summed E-state index contributed by atoms with van der Waals surface area (Å²) < 4.78 is 0. The standard InChI is InChI=1S/C14H14ClN3O/c1-8-5-11-13(15)16-7-17-14(11)18(2)12-4-3-9(19)6-10(8)12/h3-4,6-8,19H,5H2,1-2H3/t8-/m1/s1. The minimum absolute atomic E-state index is 0.245. The molecule has 1 aliphatic heterocycles. The minimum atomic E-state index is 0.245. The van der Waals surface area contributed by atoms with Crippen LogP contribution in [0.5, 0.6) is 5.75 Å². The van der Waals surface area contributed by atoms with E-state index in [1.165, 1.54) is 6.33 Å². The van der Waals surface area contributed by atoms with Crippen molar-refractivity contribution in [1.29, 1.82) is 0 Å². The van der Waals surface area contributed by atoms with Gasteiger partial charge in [-0.15, -0.1) is 0 Å². The first-order valence-corrected chi connectivity index (χ1v) is 6.51. The number of phenols is 1. The van der Waals surface area contributed by atoms with E-state index in [1.54, 1.807) is 6.07 Å². The summed E-state index contributed by atoms with van der Waals surface area (Å²) in [6.45, 7) is 2.12. The van der Waals surface area contributed by atoms with Gasteiger partial charge in [0.15, 0.2) is 0 Å². The molecule has 1 aromatic carbocycles. The Balaban J connectivity index is 2.24. The van der Waals surface area contributed by atoms with E-state index < -0.39 is 0 Å². The third-order valence-electron chi connectivity index (χ3n) is 3.60. The molecule has 0 saturated heterocycles. The van der Waals surface area contributed by atoms with E-state index in [0.29, 0.717) is 5.15 Å². The van der Waals surface area contributed by atoms with E-state index in [1.807, 2.05) is 24.1 Å². The molecular formula is C14H14ClN3O. The zero-order valence-corrected chi connectivity index (χ0v) is 11.5. The second-order valence-corrected chi connectivity index (χ2v) is 5.23. The summed E-state index contributed by atoms with van der Waals surface area (Å²) >= 11 is 6.19. The molecule has 3 rings (SSSR count). The van der Waals surface area contributed by atoms with Crippen molar-refractivity contribution in [3.8, 4) is 5.75 Å². The van der Waals surface area contributed by atoms with Crippen molar-refractivity contribution in [2.45, 2.75) is 19.3 Å². The largest absolute Gasteiger partial charge is 0.508 e. The van der Waals surface area contributed by atoms with Gasteiger partial charge in [0.05, 0.1) is 0 Å². The summed E-state index contributed by atoms with van der Waals surface area (Å²) in [4.78, 5) is 10.4. The number of phenolic OH excluding ortho intramolecular Hbond substituents is 1. The van der Waals surface area contributed by atoms with E-state index in [2.05, 4.69) is 16.9 Å². The number of nitrogens with zero attached hydrogens (tertiary/aromatic N) is 3. The maximum absolute atomic E-state index is 9.68. The van der Waals surface area contributed by atoms with Crippen LogP contribution in [0.15, 0.2) is 24.5 Å². The van der Waals surface area contributed by atoms with Crippen molar-refractivity contribution in [3.63, 3.8) is 0 Å². The lowest BCUT2D eigenvalue weighted by Gasteiger charge is -2.21. The van der Waals surface area contributed by atoms with E-state index in [0.717, 1.165) is 29.1 Å². The van der Waals surface area contributed by atoms with Crippen molar-refractivity contribution < 1.29 is 5.11 Å². The van der Waals surface area contributed by atoms with Gasteiger partial charge in [0.2, 0.25) is 0 Å². The average Bonchev–Trinajstić information content (AvgIpc) is 2.49. The van der Waals surface area contributed by atoms with Gasteiger partial charge in [-0.25, -0.2) is 9.97 Å². The minimum Gasteiger partial charge on any atom is -0.508 e. The molecular weight excluding hydrogens is 262 g/mol. The Morgan fingerprint density at radius 1 is 1.37 bits per heavy atom. The Kier molecular flexibility index (Phi) is 2.82. The zero-order valence-electron chi connectivity index (χ0n) is 10.8. The van der Waals surface area contributed by atoms with Crippen LogP contribution in [0.1, 0.15) is 24.0 Å². The summed E-state index contributed by atoms with van der Waals surface area (Å²) in [5.41, 5.74) is 3.09. The number of anilines is 2. The molecule has 0 spiro atoms. The van der Waals surface area contributed by atoms with Crippen LogP contribution >= 0.6 is 11.6 Å². The van der Waals surface area contributed by atoms with Gasteiger partial charge >= 0.3 is 0 Å². The molecule has 4 nitrogen and oxygen atoms in total. The Morgan fingerprint density at radius 2 is 2.16 bits per heavy atom. The Labute approximate surface area is 116 Å². The number of fused-ring (bicyclic) bond motifs is 2. The van der Waals surface area contributed by atoms with Crippen LogP contribution in [0.2, 0.25) is 5.15 Å². The summed E-state index contributed by atoms with van der Waals surface area (Å²) in [6.07, 6.45) is 2.24. The first kappa shape index (κ1) is 12.2. The molecule has 0 radical (unpaired) electrons. The van der Waals surface area contributed by atoms with Crippen molar-refractivity contribution in [1.82, 2.24) is 9.97 Å². The quantitative estimate of drug-likeness (QED) is 0.750. The van der Waals surface area contributed by atoms with Crippen LogP contribution < -0.4 is 4.90 Å². The molecule has 1 atom stereocenters. The molecule has 0 aliphatic carbocycles. The van der Waals surface area contributed by atoms with Crippen LogP contribution in [0.3, 0.4) is 0 Å². The van der Waals surface area contributed by atoms with E-state index in [-0.39, 0.29) is 11.7 Å². The highest BCUT2D eigenvalue weighted by molar-refractivity contribution is 6.30. The summed E-state index contributed by atoms with van der Waals surface area (Å²) in [5, 5.41) is 10.2. The average molecular weight is 276 g/mol. The molecule has 0 saturated carbocycles. The first-order chi connectivity index (χ1) is 9.08. The van der Waals surface area contributed by atoms with Crippen LogP contribution in [0.4, 0.5) is 11.5 Å². The van der Waals surface area contributed by atoms with Crippen LogP contribution in [-0.4, -0.2) is 22.1 Å². The second-order valence-electron chi connectivity index (χ2n) is 4.87. The molecule has 5 heteroatoms. The van der Waals surface area contributed by atoms with Crippen LogP contribution in [-0.2, 0) is 6.42 Å². The molecule has 98 valence electrons. The molecule has 0 fully saturated rings. The number of hydrogen-bond donors (Lipinski definition) is 1. The highest BCUT2D eigenvalue weighted by atomic mass is 35.5. The van der Waals surface area contributed by atoms with Crippen molar-refractivity contribution >= 4 is 23.1 Å². The highest BCUT2D eigenvalue weighted by Crippen LogP contribution is 2.41. The molecule has 0 unspecified atom stereocenters. The van der Waals surface area contributed by atoms with Gasteiger partial charge in [-0.1, -0.05) is 18.5 Å². The highest BCUT2D eigenvalue weighted by Gasteiger charge is 2.25. The van der Waals surface area contributed by atoms with Gasteiger partial charge in [0, 0.05) is 18.3 Å². The van der Waals surface area contributed by atoms with E-state index in [9.17, 15) is 5.11 Å². The number of halogens is 1. The Hall–Kier alpha value is -1.81. The number of benzene rings is 1. The third-order valence-corrected chi connectivity index (χ3v) is 3.93. The molecule has 0 bridgehead atoms. The molecule has 1 N–H and O–H groups in total. The molecule has 2 heterocycles. The fourth-order valence-corrected chi connectivity index (χ4v) is 2.82. The number of rotatable bonds is 0. The Bertz CT molecular complexity index is 645. The van der Waals surface area contributed by atoms with Crippen molar-refractivity contribution in [2.24, 2.45) is 0 Å². The predicted molar refractivity (Wildman–Crippen MR) is 75.3 cm³/mol. The number of aromatic hydroxyl groups is 1. The first-order valence-electron chi connectivity index (χ1n) is 6.14. The normalized spacial score (nSPS) is 17.6. The van der Waals surface area contributed by atoms with Gasteiger partial charge in [-0.2, -0.15) is 0 Å². The smallest absolute Gasteiger partial charge is 0.140 e. The summed E-state index contributed by atoms with van der Waals surface area (Å²) in [5.74, 6) is 1.35. The molecule has 19 heavy (non-hydrogen) atoms. The second kappa shape index (κ2) is 4.38. The third kappa shape index (κ3) is 1.92. The topological polar surface area (TPSA) is 49.2 Å². The van der Waals surface area contributed by atoms with Crippen molar-refractivity contribution in [3.05, 3.63) is 40.8 Å². The van der Waals surface area contributed by atoms with Crippen molar-refractivity contribution in [2.75, 3.05) is 11.9 Å². The lowest BCUT2D eigenvalue weighted by Crippen LogP contribution is -2.13. The fraction of sp³-hybridized carbons (Fsp3) is 0.286. The van der Waals surface area contributed by atoms with Crippen LogP contribution in [0.25, 0.3) is 0 Å². The maximum atomic E-state index is 9.68. The number of hydrogen-bond acceptors (Lipinski definition) is 4.